The van der Waals surface area contributed by atoms with E-state index in [1.807, 2.05) is 6.92 Å². The van der Waals surface area contributed by atoms with Crippen molar-refractivity contribution in [1.29, 1.82) is 0 Å². The van der Waals surface area contributed by atoms with E-state index in [1.54, 1.807) is 24.3 Å². The molecule has 2 atom stereocenters. The maximum Gasteiger partial charge on any atom is 0.257 e. The number of halogens is 5. The van der Waals surface area contributed by atoms with Crippen molar-refractivity contribution in [2.45, 2.75) is 17.2 Å². The number of carbonyl (C=O) groups is 2. The van der Waals surface area contributed by atoms with Crippen LogP contribution in [-0.2, 0) is 4.79 Å². The molecule has 3 aromatic rings. The van der Waals surface area contributed by atoms with E-state index in [-0.39, 0.29) is 15.6 Å². The SMILES string of the molecule is Cc1c[c]ccc1NC(=O)c1cc(NC(=O)C2C(c3ccc(F)c(Cl)c3)C2(Cl)Cl)ccc1Cl. The highest BCUT2D eigenvalue weighted by Crippen LogP contribution is 2.65. The summed E-state index contributed by atoms with van der Waals surface area (Å²) >= 11 is 24.8. The first-order valence-corrected chi connectivity index (χ1v) is 11.3. The van der Waals surface area contributed by atoms with Gasteiger partial charge in [0.2, 0.25) is 5.91 Å². The predicted octanol–water partition coefficient (Wildman–Crippen LogP) is 7.02. The van der Waals surface area contributed by atoms with Crippen LogP contribution in [0, 0.1) is 24.7 Å². The fraction of sp³-hybridized carbons (Fsp3) is 0.167. The maximum absolute atomic E-state index is 13.5. The third kappa shape index (κ3) is 4.82. The molecule has 0 aliphatic heterocycles. The Morgan fingerprint density at radius 1 is 1.03 bits per heavy atom. The predicted molar refractivity (Wildman–Crippen MR) is 130 cm³/mol. The van der Waals surface area contributed by atoms with Gasteiger partial charge >= 0.3 is 0 Å². The quantitative estimate of drug-likeness (QED) is 0.352. The summed E-state index contributed by atoms with van der Waals surface area (Å²) in [7, 11) is 0. The summed E-state index contributed by atoms with van der Waals surface area (Å²) in [6.07, 6.45) is 0. The summed E-state index contributed by atoms with van der Waals surface area (Å²) in [4.78, 5) is 25.7. The molecule has 1 aliphatic rings. The lowest BCUT2D eigenvalue weighted by atomic mass is 10.1. The van der Waals surface area contributed by atoms with Crippen molar-refractivity contribution in [1.82, 2.24) is 0 Å². The Morgan fingerprint density at radius 3 is 2.48 bits per heavy atom. The second-order valence-electron chi connectivity index (χ2n) is 7.68. The van der Waals surface area contributed by atoms with Gasteiger partial charge in [-0.2, -0.15) is 0 Å². The van der Waals surface area contributed by atoms with Gasteiger partial charge in [-0.25, -0.2) is 4.39 Å². The average molecular weight is 525 g/mol. The number of carbonyl (C=O) groups excluding carboxylic acids is 2. The van der Waals surface area contributed by atoms with Crippen LogP contribution in [0.5, 0.6) is 0 Å². The van der Waals surface area contributed by atoms with E-state index in [0.717, 1.165) is 5.56 Å². The van der Waals surface area contributed by atoms with Crippen molar-refractivity contribution in [3.8, 4) is 0 Å². The maximum atomic E-state index is 13.5. The fourth-order valence-corrected chi connectivity index (χ4v) is 4.83. The molecule has 3 aromatic carbocycles. The molecular formula is C24H16Cl4FN2O2. The molecule has 0 heterocycles. The largest absolute Gasteiger partial charge is 0.326 e. The van der Waals surface area contributed by atoms with Crippen molar-refractivity contribution in [3.05, 3.63) is 93.2 Å². The molecule has 0 saturated heterocycles. The van der Waals surface area contributed by atoms with E-state index in [1.165, 1.54) is 30.3 Å². The van der Waals surface area contributed by atoms with E-state index in [4.69, 9.17) is 46.4 Å². The topological polar surface area (TPSA) is 58.2 Å². The molecule has 1 fully saturated rings. The van der Waals surface area contributed by atoms with E-state index >= 15 is 0 Å². The van der Waals surface area contributed by atoms with Gasteiger partial charge in [-0.05, 0) is 66.6 Å². The second-order valence-corrected chi connectivity index (χ2v) is 9.94. The Hall–Kier alpha value is -2.31. The molecule has 2 unspecified atom stereocenters. The Morgan fingerprint density at radius 2 is 1.79 bits per heavy atom. The summed E-state index contributed by atoms with van der Waals surface area (Å²) in [6, 6.07) is 16.7. The standard InChI is InChI=1S/C24H16Cl4FN2O2/c1-12-4-2-3-5-19(12)31-22(32)15-11-14(7-8-16(15)25)30-23(33)21-20(24(21,27)28)13-6-9-18(29)17(26)10-13/h3-11,20-21H,1H3,(H,30,33)(H,31,32). The highest BCUT2D eigenvalue weighted by molar-refractivity contribution is 6.53. The number of nitrogens with one attached hydrogen (secondary N) is 2. The lowest BCUT2D eigenvalue weighted by molar-refractivity contribution is -0.117. The van der Waals surface area contributed by atoms with Crippen molar-refractivity contribution in [2.75, 3.05) is 10.6 Å². The zero-order valence-electron chi connectivity index (χ0n) is 17.1. The summed E-state index contributed by atoms with van der Waals surface area (Å²) in [6.45, 7) is 1.84. The zero-order chi connectivity index (χ0) is 23.9. The smallest absolute Gasteiger partial charge is 0.257 e. The molecule has 9 heteroatoms. The van der Waals surface area contributed by atoms with E-state index in [9.17, 15) is 14.0 Å². The van der Waals surface area contributed by atoms with Gasteiger partial charge in [-0.15, -0.1) is 23.2 Å². The highest BCUT2D eigenvalue weighted by atomic mass is 35.5. The molecule has 169 valence electrons. The van der Waals surface area contributed by atoms with Crippen molar-refractivity contribution >= 4 is 69.6 Å². The fourth-order valence-electron chi connectivity index (χ4n) is 3.61. The van der Waals surface area contributed by atoms with Crippen LogP contribution in [0.1, 0.15) is 27.4 Å². The van der Waals surface area contributed by atoms with Crippen LogP contribution in [-0.4, -0.2) is 16.1 Å². The Labute approximate surface area is 210 Å². The van der Waals surface area contributed by atoms with Crippen LogP contribution in [0.15, 0.2) is 54.6 Å². The lowest BCUT2D eigenvalue weighted by Gasteiger charge is -2.11. The van der Waals surface area contributed by atoms with Gasteiger partial charge in [0.15, 0.2) is 0 Å². The molecule has 0 bridgehead atoms. The Bertz CT molecular complexity index is 1260. The molecule has 33 heavy (non-hydrogen) atoms. The molecule has 4 nitrogen and oxygen atoms in total. The number of aryl methyl sites for hydroxylation is 1. The minimum Gasteiger partial charge on any atom is -0.326 e. The normalized spacial score (nSPS) is 18.5. The van der Waals surface area contributed by atoms with Crippen LogP contribution >= 0.6 is 46.4 Å². The first kappa shape index (κ1) is 23.8. The van der Waals surface area contributed by atoms with Crippen molar-refractivity contribution in [2.24, 2.45) is 5.92 Å². The van der Waals surface area contributed by atoms with Crippen molar-refractivity contribution < 1.29 is 14.0 Å². The molecule has 1 radical (unpaired) electrons. The molecule has 1 aliphatic carbocycles. The minimum absolute atomic E-state index is 0.0809. The first-order chi connectivity index (χ1) is 15.6. The molecule has 2 N–H and O–H groups in total. The molecule has 1 saturated carbocycles. The molecular weight excluding hydrogens is 509 g/mol. The number of amides is 2. The van der Waals surface area contributed by atoms with Crippen LogP contribution in [0.25, 0.3) is 0 Å². The molecule has 4 rings (SSSR count). The monoisotopic (exact) mass is 523 g/mol. The van der Waals surface area contributed by atoms with Gasteiger partial charge in [0, 0.05) is 17.3 Å². The lowest BCUT2D eigenvalue weighted by Crippen LogP contribution is -2.18. The number of hydrogen-bond donors (Lipinski definition) is 2. The Kier molecular flexibility index (Phi) is 6.61. The van der Waals surface area contributed by atoms with Gasteiger partial charge in [-0.3, -0.25) is 9.59 Å². The van der Waals surface area contributed by atoms with Crippen LogP contribution in [0.4, 0.5) is 15.8 Å². The van der Waals surface area contributed by atoms with E-state index < -0.39 is 33.8 Å². The number of benzene rings is 3. The second kappa shape index (κ2) is 9.15. The first-order valence-electron chi connectivity index (χ1n) is 9.81. The van der Waals surface area contributed by atoms with Gasteiger partial charge in [0.05, 0.1) is 21.5 Å². The third-order valence-corrected chi connectivity index (χ3v) is 7.00. The van der Waals surface area contributed by atoms with Crippen LogP contribution in [0.2, 0.25) is 10.0 Å². The van der Waals surface area contributed by atoms with E-state index in [0.29, 0.717) is 16.9 Å². The number of alkyl halides is 2. The summed E-state index contributed by atoms with van der Waals surface area (Å²) in [5, 5.41) is 5.66. The van der Waals surface area contributed by atoms with Crippen LogP contribution < -0.4 is 10.6 Å². The highest BCUT2D eigenvalue weighted by Gasteiger charge is 2.67. The summed E-state index contributed by atoms with van der Waals surface area (Å²) in [5.74, 6) is -2.81. The minimum atomic E-state index is -1.38. The van der Waals surface area contributed by atoms with Gasteiger partial charge in [-0.1, -0.05) is 35.3 Å². The summed E-state index contributed by atoms with van der Waals surface area (Å²) in [5.41, 5.74) is 2.55. The average Bonchev–Trinajstić information content (AvgIpc) is 3.35. The number of hydrogen-bond acceptors (Lipinski definition) is 2. The van der Waals surface area contributed by atoms with Gasteiger partial charge in [0.1, 0.15) is 10.2 Å². The third-order valence-electron chi connectivity index (χ3n) is 5.44. The zero-order valence-corrected chi connectivity index (χ0v) is 20.1. The molecule has 2 amide bonds. The van der Waals surface area contributed by atoms with E-state index in [2.05, 4.69) is 16.7 Å². The van der Waals surface area contributed by atoms with Gasteiger partial charge < -0.3 is 10.6 Å². The molecule has 0 aromatic heterocycles. The number of rotatable bonds is 5. The number of anilines is 2. The molecule has 0 spiro atoms. The Balaban J connectivity index is 1.51. The van der Waals surface area contributed by atoms with Crippen LogP contribution in [0.3, 0.4) is 0 Å². The van der Waals surface area contributed by atoms with Crippen molar-refractivity contribution in [3.63, 3.8) is 0 Å². The summed E-state index contributed by atoms with van der Waals surface area (Å²) < 4.78 is 12.1. The van der Waals surface area contributed by atoms with Gasteiger partial charge in [0.25, 0.3) is 5.91 Å².